The van der Waals surface area contributed by atoms with E-state index in [0.29, 0.717) is 12.3 Å². The molecule has 3 rings (SSSR count). The van der Waals surface area contributed by atoms with Crippen LogP contribution in [0.3, 0.4) is 0 Å². The van der Waals surface area contributed by atoms with Gasteiger partial charge in [-0.2, -0.15) is 0 Å². The minimum Gasteiger partial charge on any atom is -0.481 e. The Morgan fingerprint density at radius 2 is 2.08 bits per heavy atom. The van der Waals surface area contributed by atoms with Gasteiger partial charge in [0.25, 0.3) is 0 Å². The molecule has 2 bridgehead atoms. The number of carbonyl (C=O) groups is 1. The average Bonchev–Trinajstić information content (AvgIpc) is 2.17. The third-order valence-electron chi connectivity index (χ3n) is 3.52. The molecule has 0 amide bonds. The van der Waals surface area contributed by atoms with Crippen LogP contribution in [0.1, 0.15) is 25.7 Å². The lowest BCUT2D eigenvalue weighted by atomic mass is 9.77. The van der Waals surface area contributed by atoms with Crippen LogP contribution in [0, 0.1) is 11.8 Å². The maximum Gasteiger partial charge on any atom is 0.303 e. The summed E-state index contributed by atoms with van der Waals surface area (Å²) in [5.74, 6) is 0.847. The van der Waals surface area contributed by atoms with Gasteiger partial charge in [0.15, 0.2) is 0 Å². The predicted molar refractivity (Wildman–Crippen MR) is 49.5 cm³/mol. The molecule has 0 aromatic rings. The normalized spacial score (nSPS) is 37.7. The van der Waals surface area contributed by atoms with E-state index in [2.05, 4.69) is 4.90 Å². The van der Waals surface area contributed by atoms with Crippen LogP contribution in [-0.4, -0.2) is 35.6 Å². The molecule has 0 unspecified atom stereocenters. The highest BCUT2D eigenvalue weighted by atomic mass is 16.4. The molecule has 13 heavy (non-hydrogen) atoms. The molecule has 3 fully saturated rings. The number of piperidine rings is 3. The van der Waals surface area contributed by atoms with Gasteiger partial charge in [0.2, 0.25) is 0 Å². The van der Waals surface area contributed by atoms with Crippen molar-refractivity contribution in [3.63, 3.8) is 0 Å². The van der Waals surface area contributed by atoms with Crippen molar-refractivity contribution < 1.29 is 9.90 Å². The first-order valence-corrected chi connectivity index (χ1v) is 5.20. The van der Waals surface area contributed by atoms with Crippen LogP contribution in [0.2, 0.25) is 0 Å². The monoisotopic (exact) mass is 183 g/mol. The quantitative estimate of drug-likeness (QED) is 0.714. The Balaban J connectivity index is 1.83. The molecule has 3 saturated heterocycles. The summed E-state index contributed by atoms with van der Waals surface area (Å²) in [7, 11) is 0. The Kier molecular flexibility index (Phi) is 2.54. The molecule has 3 heterocycles. The molecule has 3 aliphatic rings. The lowest BCUT2D eigenvalue weighted by Gasteiger charge is -2.44. The van der Waals surface area contributed by atoms with E-state index in [1.165, 1.54) is 25.9 Å². The Hall–Kier alpha value is -0.570. The molecule has 1 N–H and O–H groups in total. The summed E-state index contributed by atoms with van der Waals surface area (Å²) >= 11 is 0. The van der Waals surface area contributed by atoms with Crippen molar-refractivity contribution in [1.82, 2.24) is 4.90 Å². The van der Waals surface area contributed by atoms with Gasteiger partial charge in [-0.25, -0.2) is 0 Å². The number of hydrogen-bond acceptors (Lipinski definition) is 2. The van der Waals surface area contributed by atoms with E-state index < -0.39 is 5.97 Å². The SMILES string of the molecule is O=C(O)CC[C@H]1CN2CCC1CC2. The van der Waals surface area contributed by atoms with Crippen molar-refractivity contribution in [2.75, 3.05) is 19.6 Å². The fourth-order valence-electron chi connectivity index (χ4n) is 2.72. The molecule has 74 valence electrons. The smallest absolute Gasteiger partial charge is 0.303 e. The highest BCUT2D eigenvalue weighted by Gasteiger charge is 2.33. The zero-order valence-corrected chi connectivity index (χ0v) is 7.91. The maximum absolute atomic E-state index is 10.4. The highest BCUT2D eigenvalue weighted by molar-refractivity contribution is 5.66. The van der Waals surface area contributed by atoms with Gasteiger partial charge in [0, 0.05) is 13.0 Å². The second-order valence-electron chi connectivity index (χ2n) is 4.33. The van der Waals surface area contributed by atoms with E-state index >= 15 is 0 Å². The minimum atomic E-state index is -0.642. The molecular formula is C10H17NO2. The van der Waals surface area contributed by atoms with Gasteiger partial charge < -0.3 is 10.0 Å². The third-order valence-corrected chi connectivity index (χ3v) is 3.52. The molecule has 0 spiro atoms. The van der Waals surface area contributed by atoms with E-state index in [-0.39, 0.29) is 0 Å². The van der Waals surface area contributed by atoms with Gasteiger partial charge >= 0.3 is 5.97 Å². The van der Waals surface area contributed by atoms with Gasteiger partial charge in [-0.1, -0.05) is 0 Å². The fraction of sp³-hybridized carbons (Fsp3) is 0.900. The lowest BCUT2D eigenvalue weighted by Crippen LogP contribution is -2.47. The molecule has 0 aliphatic carbocycles. The van der Waals surface area contributed by atoms with Crippen molar-refractivity contribution in [3.8, 4) is 0 Å². The summed E-state index contributed by atoms with van der Waals surface area (Å²) in [6.07, 6.45) is 3.83. The molecule has 0 radical (unpaired) electrons. The maximum atomic E-state index is 10.4. The zero-order chi connectivity index (χ0) is 9.26. The summed E-state index contributed by atoms with van der Waals surface area (Å²) < 4.78 is 0. The first-order valence-electron chi connectivity index (χ1n) is 5.20. The lowest BCUT2D eigenvalue weighted by molar-refractivity contribution is -0.137. The van der Waals surface area contributed by atoms with E-state index in [4.69, 9.17) is 5.11 Å². The van der Waals surface area contributed by atoms with Crippen LogP contribution < -0.4 is 0 Å². The Morgan fingerprint density at radius 1 is 1.38 bits per heavy atom. The summed E-state index contributed by atoms with van der Waals surface area (Å²) in [5.41, 5.74) is 0. The fourth-order valence-corrected chi connectivity index (χ4v) is 2.72. The molecule has 3 nitrogen and oxygen atoms in total. The first-order chi connectivity index (χ1) is 6.25. The Morgan fingerprint density at radius 3 is 2.54 bits per heavy atom. The summed E-state index contributed by atoms with van der Waals surface area (Å²) in [4.78, 5) is 12.9. The molecule has 3 heteroatoms. The number of carboxylic acid groups (broad SMARTS) is 1. The van der Waals surface area contributed by atoms with Crippen LogP contribution in [0.5, 0.6) is 0 Å². The van der Waals surface area contributed by atoms with Crippen molar-refractivity contribution in [3.05, 3.63) is 0 Å². The minimum absolute atomic E-state index is 0.356. The molecule has 0 aromatic heterocycles. The molecular weight excluding hydrogens is 166 g/mol. The molecule has 1 atom stereocenters. The number of nitrogens with zero attached hydrogens (tertiary/aromatic N) is 1. The molecule has 3 aliphatic heterocycles. The van der Waals surface area contributed by atoms with Gasteiger partial charge in [-0.15, -0.1) is 0 Å². The standard InChI is InChI=1S/C10H17NO2/c12-10(13)2-1-9-7-11-5-3-8(9)4-6-11/h8-9H,1-7H2,(H,12,13)/t9-/m0/s1. The van der Waals surface area contributed by atoms with Gasteiger partial charge in [-0.05, 0) is 44.2 Å². The second kappa shape index (κ2) is 3.66. The van der Waals surface area contributed by atoms with Crippen molar-refractivity contribution in [1.29, 1.82) is 0 Å². The van der Waals surface area contributed by atoms with Gasteiger partial charge in [0.05, 0.1) is 0 Å². The largest absolute Gasteiger partial charge is 0.481 e. The Labute approximate surface area is 78.7 Å². The van der Waals surface area contributed by atoms with E-state index in [0.717, 1.165) is 18.9 Å². The predicted octanol–water partition coefficient (Wildman–Crippen LogP) is 1.19. The third kappa shape index (κ3) is 2.02. The van der Waals surface area contributed by atoms with Crippen LogP contribution in [0.15, 0.2) is 0 Å². The first kappa shape index (κ1) is 9.00. The summed E-state index contributed by atoms with van der Waals surface area (Å²) in [6.45, 7) is 3.64. The molecule has 0 aromatic carbocycles. The number of rotatable bonds is 3. The van der Waals surface area contributed by atoms with Crippen LogP contribution in [0.4, 0.5) is 0 Å². The van der Waals surface area contributed by atoms with E-state index in [9.17, 15) is 4.79 Å². The number of carboxylic acids is 1. The average molecular weight is 183 g/mol. The number of aliphatic carboxylic acids is 1. The van der Waals surface area contributed by atoms with Crippen LogP contribution in [0.25, 0.3) is 0 Å². The van der Waals surface area contributed by atoms with Gasteiger partial charge in [-0.3, -0.25) is 4.79 Å². The number of hydrogen-bond donors (Lipinski definition) is 1. The van der Waals surface area contributed by atoms with E-state index in [1.807, 2.05) is 0 Å². The topological polar surface area (TPSA) is 40.5 Å². The highest BCUT2D eigenvalue weighted by Crippen LogP contribution is 2.34. The van der Waals surface area contributed by atoms with Crippen molar-refractivity contribution in [2.45, 2.75) is 25.7 Å². The van der Waals surface area contributed by atoms with Crippen LogP contribution >= 0.6 is 0 Å². The Bertz CT molecular complexity index is 197. The second-order valence-corrected chi connectivity index (χ2v) is 4.33. The van der Waals surface area contributed by atoms with Gasteiger partial charge in [0.1, 0.15) is 0 Å². The summed E-state index contributed by atoms with van der Waals surface area (Å²) in [6, 6.07) is 0. The van der Waals surface area contributed by atoms with E-state index in [1.54, 1.807) is 0 Å². The number of fused-ring (bicyclic) bond motifs is 3. The zero-order valence-electron chi connectivity index (χ0n) is 7.91. The van der Waals surface area contributed by atoms with Crippen LogP contribution in [-0.2, 0) is 4.79 Å². The van der Waals surface area contributed by atoms with Crippen molar-refractivity contribution >= 4 is 5.97 Å². The summed E-state index contributed by atoms with van der Waals surface area (Å²) in [5, 5.41) is 8.60. The van der Waals surface area contributed by atoms with Crippen molar-refractivity contribution in [2.24, 2.45) is 11.8 Å². The molecule has 0 saturated carbocycles.